The van der Waals surface area contributed by atoms with Gasteiger partial charge in [-0.1, -0.05) is 35.9 Å². The molecule has 2 aromatic carbocycles. The Morgan fingerprint density at radius 3 is 2.43 bits per heavy atom. The van der Waals surface area contributed by atoms with Crippen LogP contribution in [0.2, 0.25) is 0 Å². The summed E-state index contributed by atoms with van der Waals surface area (Å²) in [6, 6.07) is 11.9. The number of aliphatic carboxylic acids is 1. The molecule has 0 saturated carbocycles. The van der Waals surface area contributed by atoms with Gasteiger partial charge in [-0.05, 0) is 36.6 Å². The predicted octanol–water partition coefficient (Wildman–Crippen LogP) is 3.55. The highest BCUT2D eigenvalue weighted by atomic mass is 19.1. The van der Waals surface area contributed by atoms with Crippen LogP contribution in [0, 0.1) is 12.7 Å². The van der Waals surface area contributed by atoms with Crippen molar-refractivity contribution in [2.75, 3.05) is 7.11 Å². The zero-order valence-corrected chi connectivity index (χ0v) is 12.0. The average molecular weight is 288 g/mol. The molecule has 0 bridgehead atoms. The molecule has 110 valence electrons. The molecule has 2 aromatic rings. The molecule has 1 unspecified atom stereocenters. The number of carboxylic acids is 1. The lowest BCUT2D eigenvalue weighted by Crippen LogP contribution is -2.14. The Kier molecular flexibility index (Phi) is 4.58. The van der Waals surface area contributed by atoms with Crippen molar-refractivity contribution in [3.8, 4) is 5.75 Å². The SMILES string of the molecule is COc1ccc(CC(C(=O)O)c2ccc(C)cc2)cc1F. The maximum absolute atomic E-state index is 13.7. The minimum absolute atomic E-state index is 0.154. The average Bonchev–Trinajstić information content (AvgIpc) is 2.46. The minimum atomic E-state index is -0.921. The van der Waals surface area contributed by atoms with E-state index in [1.165, 1.54) is 19.2 Å². The zero-order valence-electron chi connectivity index (χ0n) is 12.0. The number of halogens is 1. The molecule has 0 aromatic heterocycles. The Bertz CT molecular complexity index is 635. The normalized spacial score (nSPS) is 12.0. The van der Waals surface area contributed by atoms with Crippen LogP contribution in [0.3, 0.4) is 0 Å². The van der Waals surface area contributed by atoms with Gasteiger partial charge in [-0.3, -0.25) is 4.79 Å². The molecule has 0 fully saturated rings. The second-order valence-corrected chi connectivity index (χ2v) is 4.97. The summed E-state index contributed by atoms with van der Waals surface area (Å²) in [5.74, 6) is -1.95. The first kappa shape index (κ1) is 15.0. The summed E-state index contributed by atoms with van der Waals surface area (Å²) < 4.78 is 18.5. The van der Waals surface area contributed by atoms with Gasteiger partial charge in [0, 0.05) is 0 Å². The summed E-state index contributed by atoms with van der Waals surface area (Å²) in [6.45, 7) is 1.94. The van der Waals surface area contributed by atoms with Crippen LogP contribution in [0.25, 0.3) is 0 Å². The fraction of sp³-hybridized carbons (Fsp3) is 0.235. The zero-order chi connectivity index (χ0) is 15.4. The Hall–Kier alpha value is -2.36. The van der Waals surface area contributed by atoms with E-state index in [-0.39, 0.29) is 12.2 Å². The Morgan fingerprint density at radius 2 is 1.90 bits per heavy atom. The van der Waals surface area contributed by atoms with Crippen molar-refractivity contribution in [3.63, 3.8) is 0 Å². The molecule has 0 aliphatic carbocycles. The maximum atomic E-state index is 13.7. The molecule has 0 amide bonds. The molecule has 1 atom stereocenters. The van der Waals surface area contributed by atoms with E-state index in [0.717, 1.165) is 5.56 Å². The van der Waals surface area contributed by atoms with E-state index in [1.54, 1.807) is 18.2 Å². The molecular weight excluding hydrogens is 271 g/mol. The fourth-order valence-corrected chi connectivity index (χ4v) is 2.22. The molecule has 0 aliphatic heterocycles. The molecule has 2 rings (SSSR count). The molecular formula is C17H17FO3. The highest BCUT2D eigenvalue weighted by Crippen LogP contribution is 2.25. The topological polar surface area (TPSA) is 46.5 Å². The maximum Gasteiger partial charge on any atom is 0.311 e. The number of hydrogen-bond donors (Lipinski definition) is 1. The van der Waals surface area contributed by atoms with Crippen molar-refractivity contribution < 1.29 is 19.0 Å². The lowest BCUT2D eigenvalue weighted by Gasteiger charge is -2.14. The number of methoxy groups -OCH3 is 1. The minimum Gasteiger partial charge on any atom is -0.494 e. The van der Waals surface area contributed by atoms with Crippen LogP contribution in [0.1, 0.15) is 22.6 Å². The number of carboxylic acid groups (broad SMARTS) is 1. The molecule has 1 N–H and O–H groups in total. The van der Waals surface area contributed by atoms with Crippen molar-refractivity contribution in [3.05, 3.63) is 65.0 Å². The highest BCUT2D eigenvalue weighted by molar-refractivity contribution is 5.76. The third-order valence-electron chi connectivity index (χ3n) is 3.43. The summed E-state index contributed by atoms with van der Waals surface area (Å²) in [4.78, 5) is 11.5. The van der Waals surface area contributed by atoms with Crippen LogP contribution >= 0.6 is 0 Å². The van der Waals surface area contributed by atoms with E-state index in [2.05, 4.69) is 0 Å². The van der Waals surface area contributed by atoms with Crippen molar-refractivity contribution in [1.29, 1.82) is 0 Å². The first-order valence-electron chi connectivity index (χ1n) is 6.63. The first-order chi connectivity index (χ1) is 10.0. The van der Waals surface area contributed by atoms with Crippen molar-refractivity contribution in [2.45, 2.75) is 19.3 Å². The van der Waals surface area contributed by atoms with Crippen LogP contribution < -0.4 is 4.74 Å². The Balaban J connectivity index is 2.26. The lowest BCUT2D eigenvalue weighted by molar-refractivity contribution is -0.138. The lowest BCUT2D eigenvalue weighted by atomic mass is 9.91. The summed E-state index contributed by atoms with van der Waals surface area (Å²) in [5, 5.41) is 9.41. The smallest absolute Gasteiger partial charge is 0.311 e. The Morgan fingerprint density at radius 1 is 1.24 bits per heavy atom. The summed E-state index contributed by atoms with van der Waals surface area (Å²) in [7, 11) is 1.39. The highest BCUT2D eigenvalue weighted by Gasteiger charge is 2.20. The van der Waals surface area contributed by atoms with Crippen LogP contribution in [0.5, 0.6) is 5.75 Å². The third kappa shape index (κ3) is 3.60. The molecule has 0 spiro atoms. The fourth-order valence-electron chi connectivity index (χ4n) is 2.22. The number of carbonyl (C=O) groups is 1. The second kappa shape index (κ2) is 6.39. The van der Waals surface area contributed by atoms with E-state index < -0.39 is 17.7 Å². The number of hydrogen-bond acceptors (Lipinski definition) is 2. The van der Waals surface area contributed by atoms with Crippen molar-refractivity contribution >= 4 is 5.97 Å². The standard InChI is InChI=1S/C17H17FO3/c1-11-3-6-13(7-4-11)14(17(19)20)9-12-5-8-16(21-2)15(18)10-12/h3-8,10,14H,9H2,1-2H3,(H,19,20). The summed E-state index contributed by atoms with van der Waals surface area (Å²) in [6.07, 6.45) is 0.235. The van der Waals surface area contributed by atoms with E-state index in [1.807, 2.05) is 19.1 Å². The van der Waals surface area contributed by atoms with Crippen LogP contribution in [-0.2, 0) is 11.2 Å². The van der Waals surface area contributed by atoms with Gasteiger partial charge in [0.05, 0.1) is 13.0 Å². The number of aryl methyl sites for hydroxylation is 1. The van der Waals surface area contributed by atoms with Gasteiger partial charge < -0.3 is 9.84 Å². The number of ether oxygens (including phenoxy) is 1. The van der Waals surface area contributed by atoms with Crippen molar-refractivity contribution in [1.82, 2.24) is 0 Å². The molecule has 3 nitrogen and oxygen atoms in total. The van der Waals surface area contributed by atoms with Gasteiger partial charge in [0.1, 0.15) is 0 Å². The van der Waals surface area contributed by atoms with Crippen LogP contribution in [0.15, 0.2) is 42.5 Å². The number of benzene rings is 2. The summed E-state index contributed by atoms with van der Waals surface area (Å²) in [5.41, 5.74) is 2.41. The second-order valence-electron chi connectivity index (χ2n) is 4.97. The van der Waals surface area contributed by atoms with Gasteiger partial charge in [0.2, 0.25) is 0 Å². The van der Waals surface area contributed by atoms with E-state index in [9.17, 15) is 14.3 Å². The van der Waals surface area contributed by atoms with Gasteiger partial charge in [0.25, 0.3) is 0 Å². The molecule has 0 aliphatic rings. The molecule has 4 heteroatoms. The van der Waals surface area contributed by atoms with Gasteiger partial charge in [0.15, 0.2) is 11.6 Å². The van der Waals surface area contributed by atoms with Gasteiger partial charge >= 0.3 is 5.97 Å². The van der Waals surface area contributed by atoms with Gasteiger partial charge in [-0.15, -0.1) is 0 Å². The molecule has 0 heterocycles. The molecule has 0 saturated heterocycles. The predicted molar refractivity (Wildman–Crippen MR) is 78.2 cm³/mol. The van der Waals surface area contributed by atoms with Crippen LogP contribution in [0.4, 0.5) is 4.39 Å². The van der Waals surface area contributed by atoms with E-state index in [4.69, 9.17) is 4.74 Å². The van der Waals surface area contributed by atoms with Gasteiger partial charge in [-0.2, -0.15) is 0 Å². The largest absolute Gasteiger partial charge is 0.494 e. The quantitative estimate of drug-likeness (QED) is 0.915. The first-order valence-corrected chi connectivity index (χ1v) is 6.63. The van der Waals surface area contributed by atoms with Crippen molar-refractivity contribution in [2.24, 2.45) is 0 Å². The van der Waals surface area contributed by atoms with E-state index in [0.29, 0.717) is 11.1 Å². The number of rotatable bonds is 5. The molecule has 0 radical (unpaired) electrons. The Labute approximate surface area is 123 Å². The molecule has 21 heavy (non-hydrogen) atoms. The third-order valence-corrected chi connectivity index (χ3v) is 3.43. The van der Waals surface area contributed by atoms with Crippen LogP contribution in [-0.4, -0.2) is 18.2 Å². The monoisotopic (exact) mass is 288 g/mol. The van der Waals surface area contributed by atoms with E-state index >= 15 is 0 Å². The summed E-state index contributed by atoms with van der Waals surface area (Å²) >= 11 is 0. The van der Waals surface area contributed by atoms with Gasteiger partial charge in [-0.25, -0.2) is 4.39 Å².